The van der Waals surface area contributed by atoms with Gasteiger partial charge in [0.15, 0.2) is 0 Å². The molecule has 5 heteroatoms. The van der Waals surface area contributed by atoms with E-state index < -0.39 is 0 Å². The van der Waals surface area contributed by atoms with E-state index in [-0.39, 0.29) is 0 Å². The Morgan fingerprint density at radius 2 is 2.05 bits per heavy atom. The van der Waals surface area contributed by atoms with Gasteiger partial charge in [0, 0.05) is 31.0 Å². The van der Waals surface area contributed by atoms with Gasteiger partial charge in [-0.15, -0.1) is 0 Å². The monoisotopic (exact) mass is 289 g/mol. The molecule has 1 fully saturated rings. The van der Waals surface area contributed by atoms with Crippen molar-refractivity contribution in [2.75, 3.05) is 40.3 Å². The fourth-order valence-electron chi connectivity index (χ4n) is 3.52. The standard InChI is InChI=1S/C16H27N5/c1-11-13-8-12(9-17)4-5-14(13)19-16(18-11)15-10-20(2)6-7-21(15)3/h12,15H,4-10,17H2,1-3H3. The van der Waals surface area contributed by atoms with Crippen molar-refractivity contribution in [1.82, 2.24) is 19.8 Å². The first-order valence-electron chi connectivity index (χ1n) is 8.03. The van der Waals surface area contributed by atoms with Crippen LogP contribution in [0.2, 0.25) is 0 Å². The predicted octanol–water partition coefficient (Wildman–Crippen LogP) is 0.767. The number of aryl methyl sites for hydroxylation is 2. The van der Waals surface area contributed by atoms with Crippen LogP contribution in [-0.2, 0) is 12.8 Å². The minimum absolute atomic E-state index is 0.319. The van der Waals surface area contributed by atoms with E-state index in [1.807, 2.05) is 0 Å². The van der Waals surface area contributed by atoms with E-state index in [0.717, 1.165) is 50.5 Å². The zero-order valence-electron chi connectivity index (χ0n) is 13.5. The molecule has 1 aliphatic carbocycles. The SMILES string of the molecule is Cc1nc(C2CN(C)CCN2C)nc2c1CC(CN)CC2. The second kappa shape index (κ2) is 5.99. The zero-order valence-corrected chi connectivity index (χ0v) is 13.5. The van der Waals surface area contributed by atoms with E-state index in [0.29, 0.717) is 12.0 Å². The fourth-order valence-corrected chi connectivity index (χ4v) is 3.52. The Labute approximate surface area is 127 Å². The van der Waals surface area contributed by atoms with Crippen molar-refractivity contribution < 1.29 is 0 Å². The van der Waals surface area contributed by atoms with Crippen LogP contribution in [0.3, 0.4) is 0 Å². The van der Waals surface area contributed by atoms with E-state index in [4.69, 9.17) is 15.7 Å². The number of piperazine rings is 1. The van der Waals surface area contributed by atoms with Crippen molar-refractivity contribution in [2.45, 2.75) is 32.2 Å². The summed E-state index contributed by atoms with van der Waals surface area (Å²) in [6, 6.07) is 0.319. The molecule has 0 radical (unpaired) electrons. The normalized spacial score (nSPS) is 27.6. The van der Waals surface area contributed by atoms with Gasteiger partial charge < -0.3 is 10.6 Å². The highest BCUT2D eigenvalue weighted by molar-refractivity contribution is 5.29. The van der Waals surface area contributed by atoms with Gasteiger partial charge in [0.25, 0.3) is 0 Å². The van der Waals surface area contributed by atoms with Gasteiger partial charge in [-0.2, -0.15) is 0 Å². The summed E-state index contributed by atoms with van der Waals surface area (Å²) in [5, 5.41) is 0. The number of hydrogen-bond donors (Lipinski definition) is 1. The second-order valence-corrected chi connectivity index (χ2v) is 6.70. The Balaban J connectivity index is 1.89. The third-order valence-electron chi connectivity index (χ3n) is 5.08. The molecule has 1 aromatic rings. The van der Waals surface area contributed by atoms with E-state index in [1.165, 1.54) is 17.7 Å². The number of rotatable bonds is 2. The number of hydrogen-bond acceptors (Lipinski definition) is 5. The Bertz CT molecular complexity index is 516. The smallest absolute Gasteiger partial charge is 0.147 e. The molecule has 2 unspecified atom stereocenters. The molecular formula is C16H27N5. The number of fused-ring (bicyclic) bond motifs is 1. The Hall–Kier alpha value is -1.04. The number of aromatic nitrogens is 2. The van der Waals surface area contributed by atoms with Crippen molar-refractivity contribution >= 4 is 0 Å². The van der Waals surface area contributed by atoms with Crippen molar-refractivity contribution in [3.05, 3.63) is 22.8 Å². The van der Waals surface area contributed by atoms with Crippen LogP contribution in [0.5, 0.6) is 0 Å². The summed E-state index contributed by atoms with van der Waals surface area (Å²) in [4.78, 5) is 14.5. The highest BCUT2D eigenvalue weighted by Gasteiger charge is 2.28. The number of nitrogens with two attached hydrogens (primary N) is 1. The van der Waals surface area contributed by atoms with Crippen LogP contribution in [0, 0.1) is 12.8 Å². The third kappa shape index (κ3) is 2.96. The molecule has 0 spiro atoms. The molecule has 1 aliphatic heterocycles. The molecule has 3 rings (SSSR count). The molecule has 1 aromatic heterocycles. The molecule has 0 saturated carbocycles. The maximum Gasteiger partial charge on any atom is 0.147 e. The lowest BCUT2D eigenvalue weighted by molar-refractivity contribution is 0.109. The Morgan fingerprint density at radius 1 is 1.24 bits per heavy atom. The van der Waals surface area contributed by atoms with E-state index in [1.54, 1.807) is 0 Å². The van der Waals surface area contributed by atoms with E-state index in [9.17, 15) is 0 Å². The molecule has 116 valence electrons. The molecule has 5 nitrogen and oxygen atoms in total. The zero-order chi connectivity index (χ0) is 15.0. The molecule has 21 heavy (non-hydrogen) atoms. The van der Waals surface area contributed by atoms with Gasteiger partial charge in [-0.05, 0) is 58.3 Å². The first-order valence-corrected chi connectivity index (χ1v) is 8.03. The van der Waals surface area contributed by atoms with Crippen LogP contribution >= 0.6 is 0 Å². The highest BCUT2D eigenvalue weighted by atomic mass is 15.3. The van der Waals surface area contributed by atoms with Crippen LogP contribution in [0.1, 0.15) is 35.2 Å². The van der Waals surface area contributed by atoms with Gasteiger partial charge in [0.2, 0.25) is 0 Å². The summed E-state index contributed by atoms with van der Waals surface area (Å²) in [5.41, 5.74) is 9.62. The Kier molecular flexibility index (Phi) is 4.24. The van der Waals surface area contributed by atoms with Gasteiger partial charge in [-0.1, -0.05) is 0 Å². The molecule has 0 aromatic carbocycles. The van der Waals surface area contributed by atoms with E-state index in [2.05, 4.69) is 30.8 Å². The van der Waals surface area contributed by atoms with Crippen LogP contribution in [0.15, 0.2) is 0 Å². The van der Waals surface area contributed by atoms with Gasteiger partial charge >= 0.3 is 0 Å². The van der Waals surface area contributed by atoms with Crippen molar-refractivity contribution in [1.29, 1.82) is 0 Å². The first-order chi connectivity index (χ1) is 10.1. The van der Waals surface area contributed by atoms with E-state index >= 15 is 0 Å². The summed E-state index contributed by atoms with van der Waals surface area (Å²) in [6.07, 6.45) is 3.28. The number of likely N-dealkylation sites (N-methyl/N-ethyl adjacent to an activating group) is 2. The first kappa shape index (κ1) is 14.9. The van der Waals surface area contributed by atoms with Crippen molar-refractivity contribution in [3.8, 4) is 0 Å². The lowest BCUT2D eigenvalue weighted by Crippen LogP contribution is -2.45. The summed E-state index contributed by atoms with van der Waals surface area (Å²) < 4.78 is 0. The molecule has 0 amide bonds. The van der Waals surface area contributed by atoms with Crippen LogP contribution in [0.4, 0.5) is 0 Å². The van der Waals surface area contributed by atoms with Gasteiger partial charge in [0.1, 0.15) is 5.82 Å². The fraction of sp³-hybridized carbons (Fsp3) is 0.750. The molecular weight excluding hydrogens is 262 g/mol. The van der Waals surface area contributed by atoms with Crippen LogP contribution in [-0.4, -0.2) is 60.0 Å². The maximum atomic E-state index is 5.84. The summed E-state index contributed by atoms with van der Waals surface area (Å²) >= 11 is 0. The van der Waals surface area contributed by atoms with Crippen molar-refractivity contribution in [3.63, 3.8) is 0 Å². The summed E-state index contributed by atoms with van der Waals surface area (Å²) in [6.45, 7) is 6.12. The number of nitrogens with zero attached hydrogens (tertiary/aromatic N) is 4. The molecule has 1 saturated heterocycles. The van der Waals surface area contributed by atoms with Crippen molar-refractivity contribution in [2.24, 2.45) is 11.7 Å². The highest BCUT2D eigenvalue weighted by Crippen LogP contribution is 2.28. The third-order valence-corrected chi connectivity index (χ3v) is 5.08. The quantitative estimate of drug-likeness (QED) is 0.871. The van der Waals surface area contributed by atoms with Gasteiger partial charge in [-0.25, -0.2) is 9.97 Å². The summed E-state index contributed by atoms with van der Waals surface area (Å²) in [7, 11) is 4.36. The average molecular weight is 289 g/mol. The molecule has 0 bridgehead atoms. The molecule has 2 aliphatic rings. The topological polar surface area (TPSA) is 58.3 Å². The molecule has 2 N–H and O–H groups in total. The lowest BCUT2D eigenvalue weighted by Gasteiger charge is -2.37. The lowest BCUT2D eigenvalue weighted by atomic mass is 9.86. The Morgan fingerprint density at radius 3 is 2.81 bits per heavy atom. The van der Waals surface area contributed by atoms with Crippen LogP contribution in [0.25, 0.3) is 0 Å². The minimum atomic E-state index is 0.319. The second-order valence-electron chi connectivity index (χ2n) is 6.70. The van der Waals surface area contributed by atoms with Gasteiger partial charge in [0.05, 0.1) is 6.04 Å². The minimum Gasteiger partial charge on any atom is -0.330 e. The largest absolute Gasteiger partial charge is 0.330 e. The predicted molar refractivity (Wildman–Crippen MR) is 84.2 cm³/mol. The average Bonchev–Trinajstić information content (AvgIpc) is 2.49. The molecule has 2 heterocycles. The van der Waals surface area contributed by atoms with Gasteiger partial charge in [-0.3, -0.25) is 4.90 Å². The maximum absolute atomic E-state index is 5.84. The van der Waals surface area contributed by atoms with Crippen LogP contribution < -0.4 is 5.73 Å². The summed E-state index contributed by atoms with van der Waals surface area (Å²) in [5.74, 6) is 1.61. The molecule has 2 atom stereocenters.